The van der Waals surface area contributed by atoms with Crippen molar-refractivity contribution in [1.29, 1.82) is 0 Å². The standard InChI is InChI=1S/C17H22BrNO2/c18-8-13-3-1-2-4-14(13)9-19-17(20)12-5-6-15-10-21-11-16(15)7-12/h5-7,13-14H,1-4,8-11H2,(H,19,20). The Labute approximate surface area is 134 Å². The van der Waals surface area contributed by atoms with E-state index in [2.05, 4.69) is 21.2 Å². The van der Waals surface area contributed by atoms with E-state index in [4.69, 9.17) is 4.74 Å². The fraction of sp³-hybridized carbons (Fsp3) is 0.588. The van der Waals surface area contributed by atoms with Crippen molar-refractivity contribution in [2.75, 3.05) is 11.9 Å². The van der Waals surface area contributed by atoms with Crippen molar-refractivity contribution in [2.45, 2.75) is 38.9 Å². The molecule has 1 aromatic rings. The highest BCUT2D eigenvalue weighted by molar-refractivity contribution is 9.09. The minimum absolute atomic E-state index is 0.0450. The summed E-state index contributed by atoms with van der Waals surface area (Å²) in [5.41, 5.74) is 3.11. The SMILES string of the molecule is O=C(NCC1CCCCC1CBr)c1ccc2c(c1)COC2. The largest absolute Gasteiger partial charge is 0.372 e. The molecule has 0 radical (unpaired) electrons. The molecule has 2 atom stereocenters. The van der Waals surface area contributed by atoms with Crippen LogP contribution in [0.25, 0.3) is 0 Å². The maximum absolute atomic E-state index is 12.3. The number of benzene rings is 1. The van der Waals surface area contributed by atoms with Gasteiger partial charge in [-0.05, 0) is 47.9 Å². The molecule has 1 fully saturated rings. The number of fused-ring (bicyclic) bond motifs is 1. The number of ether oxygens (including phenoxy) is 1. The van der Waals surface area contributed by atoms with Crippen LogP contribution in [0.3, 0.4) is 0 Å². The first-order valence-corrected chi connectivity index (χ1v) is 8.94. The Kier molecular flexibility index (Phi) is 4.96. The van der Waals surface area contributed by atoms with E-state index in [-0.39, 0.29) is 5.91 Å². The van der Waals surface area contributed by atoms with Gasteiger partial charge in [0.2, 0.25) is 0 Å². The molecule has 3 nitrogen and oxygen atoms in total. The molecule has 1 aliphatic carbocycles. The summed E-state index contributed by atoms with van der Waals surface area (Å²) in [6, 6.07) is 5.89. The number of rotatable bonds is 4. The zero-order chi connectivity index (χ0) is 14.7. The molecule has 2 aliphatic rings. The molecule has 2 unspecified atom stereocenters. The summed E-state index contributed by atoms with van der Waals surface area (Å²) in [6.45, 7) is 2.10. The van der Waals surface area contributed by atoms with Crippen molar-refractivity contribution in [3.05, 3.63) is 34.9 Å². The van der Waals surface area contributed by atoms with E-state index in [1.54, 1.807) is 0 Å². The van der Waals surface area contributed by atoms with Crippen LogP contribution in [0, 0.1) is 11.8 Å². The maximum atomic E-state index is 12.3. The number of carbonyl (C=O) groups excluding carboxylic acids is 1. The van der Waals surface area contributed by atoms with E-state index in [0.717, 1.165) is 23.0 Å². The van der Waals surface area contributed by atoms with Crippen LogP contribution in [0.15, 0.2) is 18.2 Å². The summed E-state index contributed by atoms with van der Waals surface area (Å²) in [5.74, 6) is 1.36. The molecule has 114 valence electrons. The number of hydrogen-bond donors (Lipinski definition) is 1. The minimum atomic E-state index is 0.0450. The average molecular weight is 352 g/mol. The van der Waals surface area contributed by atoms with Gasteiger partial charge in [-0.1, -0.05) is 34.8 Å². The first kappa shape index (κ1) is 15.0. The Morgan fingerprint density at radius 2 is 1.95 bits per heavy atom. The molecule has 3 rings (SSSR count). The normalized spacial score (nSPS) is 24.6. The predicted molar refractivity (Wildman–Crippen MR) is 86.5 cm³/mol. The number of nitrogens with one attached hydrogen (secondary N) is 1. The molecule has 0 bridgehead atoms. The summed E-state index contributed by atoms with van der Waals surface area (Å²) >= 11 is 3.61. The maximum Gasteiger partial charge on any atom is 0.251 e. The van der Waals surface area contributed by atoms with E-state index in [1.165, 1.54) is 31.2 Å². The van der Waals surface area contributed by atoms with E-state index in [9.17, 15) is 4.79 Å². The van der Waals surface area contributed by atoms with Crippen molar-refractivity contribution >= 4 is 21.8 Å². The second kappa shape index (κ2) is 6.93. The van der Waals surface area contributed by atoms with Gasteiger partial charge in [0.05, 0.1) is 13.2 Å². The third-order valence-corrected chi connectivity index (χ3v) is 5.60. The predicted octanol–water partition coefficient (Wildman–Crippen LogP) is 3.65. The van der Waals surface area contributed by atoms with Crippen LogP contribution in [0.2, 0.25) is 0 Å². The topological polar surface area (TPSA) is 38.3 Å². The van der Waals surface area contributed by atoms with Crippen molar-refractivity contribution in [3.63, 3.8) is 0 Å². The fourth-order valence-electron chi connectivity index (χ4n) is 3.40. The summed E-state index contributed by atoms with van der Waals surface area (Å²) < 4.78 is 5.40. The van der Waals surface area contributed by atoms with Crippen LogP contribution < -0.4 is 5.32 Å². The summed E-state index contributed by atoms with van der Waals surface area (Å²) in [6.07, 6.45) is 5.13. The molecule has 1 heterocycles. The second-order valence-corrected chi connectivity index (χ2v) is 6.79. The van der Waals surface area contributed by atoms with Gasteiger partial charge < -0.3 is 10.1 Å². The Morgan fingerprint density at radius 3 is 2.76 bits per heavy atom. The average Bonchev–Trinajstić information content (AvgIpc) is 3.00. The van der Waals surface area contributed by atoms with Gasteiger partial charge in [-0.2, -0.15) is 0 Å². The smallest absolute Gasteiger partial charge is 0.251 e. The molecular weight excluding hydrogens is 330 g/mol. The van der Waals surface area contributed by atoms with Gasteiger partial charge in [0.1, 0.15) is 0 Å². The zero-order valence-electron chi connectivity index (χ0n) is 12.2. The third kappa shape index (κ3) is 3.49. The Hall–Kier alpha value is -0.870. The van der Waals surface area contributed by atoms with Gasteiger partial charge in [0.25, 0.3) is 5.91 Å². The molecule has 4 heteroatoms. The highest BCUT2D eigenvalue weighted by Gasteiger charge is 2.24. The number of hydrogen-bond acceptors (Lipinski definition) is 2. The fourth-order valence-corrected chi connectivity index (χ4v) is 4.25. The van der Waals surface area contributed by atoms with Gasteiger partial charge in [-0.15, -0.1) is 0 Å². The molecule has 0 aromatic heterocycles. The van der Waals surface area contributed by atoms with Gasteiger partial charge in [0.15, 0.2) is 0 Å². The van der Waals surface area contributed by atoms with Crippen molar-refractivity contribution in [2.24, 2.45) is 11.8 Å². The zero-order valence-corrected chi connectivity index (χ0v) is 13.8. The molecule has 1 aromatic carbocycles. The third-order valence-electron chi connectivity index (χ3n) is 4.77. The van der Waals surface area contributed by atoms with Crippen molar-refractivity contribution in [1.82, 2.24) is 5.32 Å². The van der Waals surface area contributed by atoms with Gasteiger partial charge in [0, 0.05) is 17.4 Å². The lowest BCUT2D eigenvalue weighted by atomic mass is 9.80. The number of halogens is 1. The molecule has 1 amide bonds. The highest BCUT2D eigenvalue weighted by Crippen LogP contribution is 2.30. The van der Waals surface area contributed by atoms with Crippen LogP contribution in [0.5, 0.6) is 0 Å². The van der Waals surface area contributed by atoms with Gasteiger partial charge >= 0.3 is 0 Å². The summed E-state index contributed by atoms with van der Waals surface area (Å²) in [4.78, 5) is 12.3. The van der Waals surface area contributed by atoms with E-state index < -0.39 is 0 Å². The number of amides is 1. The molecular formula is C17H22BrNO2. The number of carbonyl (C=O) groups is 1. The minimum Gasteiger partial charge on any atom is -0.372 e. The van der Waals surface area contributed by atoms with E-state index in [1.807, 2.05) is 18.2 Å². The summed E-state index contributed by atoms with van der Waals surface area (Å²) in [5, 5.41) is 4.17. The Morgan fingerprint density at radius 1 is 1.19 bits per heavy atom. The quantitative estimate of drug-likeness (QED) is 0.840. The van der Waals surface area contributed by atoms with Crippen LogP contribution in [0.4, 0.5) is 0 Å². The molecule has 21 heavy (non-hydrogen) atoms. The van der Waals surface area contributed by atoms with Crippen molar-refractivity contribution < 1.29 is 9.53 Å². The first-order valence-electron chi connectivity index (χ1n) is 7.81. The van der Waals surface area contributed by atoms with Crippen LogP contribution in [-0.2, 0) is 18.0 Å². The molecule has 0 saturated heterocycles. The van der Waals surface area contributed by atoms with Gasteiger partial charge in [-0.3, -0.25) is 4.79 Å². The first-order chi connectivity index (χ1) is 10.3. The Balaban J connectivity index is 1.58. The van der Waals surface area contributed by atoms with Crippen LogP contribution >= 0.6 is 15.9 Å². The number of alkyl halides is 1. The van der Waals surface area contributed by atoms with E-state index in [0.29, 0.717) is 25.0 Å². The lowest BCUT2D eigenvalue weighted by molar-refractivity contribution is 0.0937. The molecule has 1 aliphatic heterocycles. The van der Waals surface area contributed by atoms with Gasteiger partial charge in [-0.25, -0.2) is 0 Å². The lowest BCUT2D eigenvalue weighted by Gasteiger charge is -2.30. The van der Waals surface area contributed by atoms with E-state index >= 15 is 0 Å². The van der Waals surface area contributed by atoms with Crippen molar-refractivity contribution in [3.8, 4) is 0 Å². The molecule has 1 saturated carbocycles. The lowest BCUT2D eigenvalue weighted by Crippen LogP contribution is -2.34. The molecule has 1 N–H and O–H groups in total. The van der Waals surface area contributed by atoms with Crippen LogP contribution in [0.1, 0.15) is 47.2 Å². The van der Waals surface area contributed by atoms with Crippen LogP contribution in [-0.4, -0.2) is 17.8 Å². The Bertz CT molecular complexity index is 518. The summed E-state index contributed by atoms with van der Waals surface area (Å²) in [7, 11) is 0. The monoisotopic (exact) mass is 351 g/mol. The highest BCUT2D eigenvalue weighted by atomic mass is 79.9. The molecule has 0 spiro atoms. The second-order valence-electron chi connectivity index (χ2n) is 6.15.